The van der Waals surface area contributed by atoms with E-state index in [1.54, 1.807) is 17.7 Å². The summed E-state index contributed by atoms with van der Waals surface area (Å²) in [6, 6.07) is 22.1. The number of piperazine rings is 1. The molecule has 41 heavy (non-hydrogen) atoms. The van der Waals surface area contributed by atoms with Gasteiger partial charge in [0.05, 0.1) is 29.5 Å². The van der Waals surface area contributed by atoms with E-state index in [1.165, 1.54) is 44.6 Å². The van der Waals surface area contributed by atoms with Crippen LogP contribution in [0.15, 0.2) is 67.0 Å². The molecular formula is C33H34N6OS. The molecule has 208 valence electrons. The van der Waals surface area contributed by atoms with Crippen molar-refractivity contribution in [2.24, 2.45) is 0 Å². The van der Waals surface area contributed by atoms with E-state index in [0.29, 0.717) is 0 Å². The van der Waals surface area contributed by atoms with Crippen LogP contribution in [-0.4, -0.2) is 72.3 Å². The third-order valence-electron chi connectivity index (χ3n) is 8.95. The minimum Gasteiger partial charge on any atom is -0.378 e. The molecule has 7 nitrogen and oxygen atoms in total. The zero-order valence-corrected chi connectivity index (χ0v) is 24.0. The van der Waals surface area contributed by atoms with E-state index in [9.17, 15) is 0 Å². The Hall–Kier alpha value is -3.59. The van der Waals surface area contributed by atoms with Crippen LogP contribution in [0.25, 0.3) is 20.4 Å². The molecule has 0 spiro atoms. The van der Waals surface area contributed by atoms with Crippen molar-refractivity contribution < 1.29 is 4.74 Å². The lowest BCUT2D eigenvalue weighted by molar-refractivity contribution is 0.122. The molecule has 3 aromatic heterocycles. The summed E-state index contributed by atoms with van der Waals surface area (Å²) >= 11 is 1.78. The second-order valence-corrected chi connectivity index (χ2v) is 12.2. The molecule has 2 fully saturated rings. The van der Waals surface area contributed by atoms with Crippen LogP contribution in [0, 0.1) is 0 Å². The van der Waals surface area contributed by atoms with Gasteiger partial charge in [-0.2, -0.15) is 0 Å². The predicted octanol–water partition coefficient (Wildman–Crippen LogP) is 5.48. The molecule has 8 heteroatoms. The molecule has 0 bridgehead atoms. The van der Waals surface area contributed by atoms with Crippen molar-refractivity contribution in [3.8, 4) is 0 Å². The van der Waals surface area contributed by atoms with Gasteiger partial charge in [0.25, 0.3) is 0 Å². The van der Waals surface area contributed by atoms with Crippen LogP contribution in [0.2, 0.25) is 0 Å². The SMILES string of the molecule is c1ccc(C(c2ccccc2)N2CCN(c3ncnc4c3sc3nc(N5CCOCC5)c5c(c34)CCC5)CC2)cc1. The first-order chi connectivity index (χ1) is 20.3. The van der Waals surface area contributed by atoms with Gasteiger partial charge < -0.3 is 14.5 Å². The van der Waals surface area contributed by atoms with Crippen molar-refractivity contribution in [2.45, 2.75) is 25.3 Å². The average Bonchev–Trinajstić information content (AvgIpc) is 3.67. The van der Waals surface area contributed by atoms with Gasteiger partial charge in [-0.25, -0.2) is 15.0 Å². The lowest BCUT2D eigenvalue weighted by Crippen LogP contribution is -2.48. The van der Waals surface area contributed by atoms with Crippen LogP contribution in [0.4, 0.5) is 11.6 Å². The van der Waals surface area contributed by atoms with Crippen molar-refractivity contribution in [2.75, 3.05) is 62.3 Å². The Morgan fingerprint density at radius 2 is 1.37 bits per heavy atom. The zero-order valence-electron chi connectivity index (χ0n) is 23.2. The Bertz CT molecular complexity index is 1640. The molecule has 0 saturated carbocycles. The van der Waals surface area contributed by atoms with E-state index in [1.807, 2.05) is 0 Å². The molecule has 5 heterocycles. The number of thiophene rings is 1. The largest absolute Gasteiger partial charge is 0.378 e. The minimum absolute atomic E-state index is 0.250. The third-order valence-corrected chi connectivity index (χ3v) is 10.0. The second-order valence-electron chi connectivity index (χ2n) is 11.2. The van der Waals surface area contributed by atoms with Crippen molar-refractivity contribution >= 4 is 43.4 Å². The Labute approximate surface area is 244 Å². The summed E-state index contributed by atoms with van der Waals surface area (Å²) in [7, 11) is 0. The highest BCUT2D eigenvalue weighted by Crippen LogP contribution is 2.44. The average molecular weight is 563 g/mol. The number of aryl methyl sites for hydroxylation is 1. The Kier molecular flexibility index (Phi) is 6.54. The third kappa shape index (κ3) is 4.45. The maximum atomic E-state index is 5.64. The van der Waals surface area contributed by atoms with Crippen LogP contribution >= 0.6 is 11.3 Å². The molecule has 3 aliphatic rings. The topological polar surface area (TPSA) is 57.6 Å². The van der Waals surface area contributed by atoms with Crippen molar-refractivity contribution in [3.63, 3.8) is 0 Å². The molecule has 0 unspecified atom stereocenters. The molecule has 0 amide bonds. The van der Waals surface area contributed by atoms with Gasteiger partial charge in [-0.05, 0) is 41.5 Å². The van der Waals surface area contributed by atoms with Crippen molar-refractivity contribution in [1.82, 2.24) is 19.9 Å². The number of hydrogen-bond acceptors (Lipinski definition) is 8. The van der Waals surface area contributed by atoms with Crippen LogP contribution in [-0.2, 0) is 17.6 Å². The number of hydrogen-bond donors (Lipinski definition) is 0. The number of morpholine rings is 1. The first-order valence-corrected chi connectivity index (χ1v) is 15.7. The van der Waals surface area contributed by atoms with E-state index >= 15 is 0 Å². The van der Waals surface area contributed by atoms with Gasteiger partial charge in [0, 0.05) is 44.7 Å². The van der Waals surface area contributed by atoms with E-state index in [-0.39, 0.29) is 6.04 Å². The van der Waals surface area contributed by atoms with Crippen LogP contribution < -0.4 is 9.80 Å². The summed E-state index contributed by atoms with van der Waals surface area (Å²) in [5.74, 6) is 2.24. The van der Waals surface area contributed by atoms with E-state index in [4.69, 9.17) is 19.7 Å². The summed E-state index contributed by atoms with van der Waals surface area (Å²) in [5, 5.41) is 1.27. The number of pyridine rings is 1. The number of anilines is 2. The highest BCUT2D eigenvalue weighted by Gasteiger charge is 2.30. The fourth-order valence-corrected chi connectivity index (χ4v) is 8.18. The van der Waals surface area contributed by atoms with Gasteiger partial charge in [0.2, 0.25) is 0 Å². The molecule has 0 atom stereocenters. The van der Waals surface area contributed by atoms with Crippen molar-refractivity contribution in [3.05, 3.63) is 89.2 Å². The van der Waals surface area contributed by atoms with Gasteiger partial charge in [0.15, 0.2) is 0 Å². The number of ether oxygens (including phenoxy) is 1. The summed E-state index contributed by atoms with van der Waals surface area (Å²) in [5.41, 5.74) is 6.67. The smallest absolute Gasteiger partial charge is 0.150 e. The van der Waals surface area contributed by atoms with Gasteiger partial charge in [-0.15, -0.1) is 11.3 Å². The summed E-state index contributed by atoms with van der Waals surface area (Å²) in [4.78, 5) is 23.6. The highest BCUT2D eigenvalue weighted by atomic mass is 32.1. The molecule has 2 aromatic carbocycles. The van der Waals surface area contributed by atoms with E-state index < -0.39 is 0 Å². The Balaban J connectivity index is 1.12. The number of fused-ring (bicyclic) bond motifs is 5. The van der Waals surface area contributed by atoms with Crippen LogP contribution in [0.5, 0.6) is 0 Å². The maximum absolute atomic E-state index is 5.64. The number of nitrogens with zero attached hydrogens (tertiary/aromatic N) is 6. The number of rotatable bonds is 5. The maximum Gasteiger partial charge on any atom is 0.150 e. The molecule has 5 aromatic rings. The van der Waals surface area contributed by atoms with Gasteiger partial charge in [-0.1, -0.05) is 60.7 Å². The van der Waals surface area contributed by atoms with Gasteiger partial charge in [-0.3, -0.25) is 4.90 Å². The van der Waals surface area contributed by atoms with Gasteiger partial charge in [0.1, 0.15) is 22.8 Å². The summed E-state index contributed by atoms with van der Waals surface area (Å²) in [6.45, 7) is 7.19. The molecule has 0 N–H and O–H groups in total. The zero-order chi connectivity index (χ0) is 27.2. The second kappa shape index (κ2) is 10.7. The lowest BCUT2D eigenvalue weighted by Gasteiger charge is -2.40. The Morgan fingerprint density at radius 3 is 2.07 bits per heavy atom. The molecule has 8 rings (SSSR count). The number of benzene rings is 2. The van der Waals surface area contributed by atoms with Crippen LogP contribution in [0.1, 0.15) is 34.7 Å². The first-order valence-electron chi connectivity index (χ1n) is 14.9. The summed E-state index contributed by atoms with van der Waals surface area (Å²) < 4.78 is 6.82. The van der Waals surface area contributed by atoms with Gasteiger partial charge >= 0.3 is 0 Å². The normalized spacial score (nSPS) is 18.1. The quantitative estimate of drug-likeness (QED) is 0.281. The van der Waals surface area contributed by atoms with Crippen LogP contribution in [0.3, 0.4) is 0 Å². The Morgan fingerprint density at radius 1 is 0.707 bits per heavy atom. The van der Waals surface area contributed by atoms with E-state index in [0.717, 1.165) is 81.5 Å². The van der Waals surface area contributed by atoms with E-state index in [2.05, 4.69) is 75.4 Å². The molecule has 2 aliphatic heterocycles. The monoisotopic (exact) mass is 562 g/mol. The van der Waals surface area contributed by atoms with Crippen molar-refractivity contribution in [1.29, 1.82) is 0 Å². The molecular weight excluding hydrogens is 528 g/mol. The fraction of sp³-hybridized carbons (Fsp3) is 0.364. The molecule has 1 aliphatic carbocycles. The standard InChI is InChI=1S/C33H34N6OS/c1-3-8-23(9-4-1)29(24-10-5-2-6-11-24)37-14-16-38(17-15-37)32-30-28(34-22-35-32)27-25-12-7-13-26(25)31(36-33(27)41-30)39-18-20-40-21-19-39/h1-6,8-11,22,29H,7,12-21H2. The lowest BCUT2D eigenvalue weighted by atomic mass is 9.96. The first kappa shape index (κ1) is 25.1. The fourth-order valence-electron chi connectivity index (χ4n) is 7.00. The molecule has 2 saturated heterocycles. The number of aromatic nitrogens is 3. The summed E-state index contributed by atoms with van der Waals surface area (Å²) in [6.07, 6.45) is 5.17. The molecule has 0 radical (unpaired) electrons. The predicted molar refractivity (Wildman–Crippen MR) is 166 cm³/mol. The highest BCUT2D eigenvalue weighted by molar-refractivity contribution is 7.26. The minimum atomic E-state index is 0.250.